The third kappa shape index (κ3) is 6.52. The maximum Gasteiger partial charge on any atom is 0.250 e. The molecule has 2 heterocycles. The Morgan fingerprint density at radius 3 is 2.20 bits per heavy atom. The number of aliphatic hydroxyl groups is 1. The van der Waals surface area contributed by atoms with Crippen LogP contribution in [0.1, 0.15) is 43.0 Å². The maximum absolute atomic E-state index is 13.1. The van der Waals surface area contributed by atoms with Crippen molar-refractivity contribution in [2.45, 2.75) is 50.8 Å². The lowest BCUT2D eigenvalue weighted by atomic mass is 9.99. The van der Waals surface area contributed by atoms with Crippen molar-refractivity contribution in [2.75, 3.05) is 26.3 Å². The highest BCUT2D eigenvalue weighted by atomic mass is 19.3. The minimum absolute atomic E-state index is 0.480. The van der Waals surface area contributed by atoms with Crippen molar-refractivity contribution in [2.24, 2.45) is 0 Å². The van der Waals surface area contributed by atoms with E-state index in [1.165, 1.54) is 25.7 Å². The van der Waals surface area contributed by atoms with Gasteiger partial charge in [-0.05, 0) is 43.1 Å². The molecule has 1 aromatic heterocycles. The van der Waals surface area contributed by atoms with Crippen LogP contribution >= 0.6 is 0 Å². The van der Waals surface area contributed by atoms with Gasteiger partial charge in [-0.3, -0.25) is 9.88 Å². The van der Waals surface area contributed by atoms with Crippen LogP contribution in [0.4, 0.5) is 13.2 Å². The number of nitrogens with one attached hydrogen (secondary N) is 1. The SMILES string of the molecule is OC(c1ccc(-c2ccc(CN3CCCCCC3)nc2)cc1)C(CF)NCC(F)F. The number of benzene rings is 1. The molecule has 1 aliphatic heterocycles. The van der Waals surface area contributed by atoms with E-state index in [4.69, 9.17) is 0 Å². The normalized spacial score (nSPS) is 17.6. The van der Waals surface area contributed by atoms with Gasteiger partial charge in [0.1, 0.15) is 6.67 Å². The summed E-state index contributed by atoms with van der Waals surface area (Å²) in [6.45, 7) is 1.53. The van der Waals surface area contributed by atoms with Gasteiger partial charge < -0.3 is 10.4 Å². The molecule has 2 N–H and O–H groups in total. The van der Waals surface area contributed by atoms with Gasteiger partial charge in [-0.15, -0.1) is 0 Å². The average molecular weight is 422 g/mol. The molecule has 0 radical (unpaired) electrons. The molecule has 1 aliphatic rings. The molecule has 1 aromatic carbocycles. The predicted molar refractivity (Wildman–Crippen MR) is 112 cm³/mol. The molecule has 2 aromatic rings. The molecule has 0 amide bonds. The third-order valence-corrected chi connectivity index (χ3v) is 5.58. The standard InChI is InChI=1S/C23H30F3N3O/c24-13-21(28-15-22(25)26)23(30)18-7-5-17(6-8-18)19-9-10-20(27-14-19)16-29-11-3-1-2-4-12-29/h5-10,14,21-23,28,30H,1-4,11-13,15-16H2. The van der Waals surface area contributed by atoms with E-state index in [1.807, 2.05) is 30.5 Å². The fraction of sp³-hybridized carbons (Fsp3) is 0.522. The average Bonchev–Trinajstić information content (AvgIpc) is 3.03. The number of hydrogen-bond donors (Lipinski definition) is 2. The van der Waals surface area contributed by atoms with Crippen molar-refractivity contribution < 1.29 is 18.3 Å². The van der Waals surface area contributed by atoms with E-state index in [2.05, 4.69) is 15.2 Å². The predicted octanol–water partition coefficient (Wildman–Crippen LogP) is 4.35. The molecule has 1 fully saturated rings. The zero-order valence-electron chi connectivity index (χ0n) is 17.1. The molecular formula is C23H30F3N3O. The summed E-state index contributed by atoms with van der Waals surface area (Å²) in [4.78, 5) is 7.05. The van der Waals surface area contributed by atoms with Crippen LogP contribution in [-0.2, 0) is 6.54 Å². The number of aromatic nitrogens is 1. The van der Waals surface area contributed by atoms with Gasteiger partial charge in [-0.25, -0.2) is 13.2 Å². The lowest BCUT2D eigenvalue weighted by molar-refractivity contribution is 0.0893. The molecule has 7 heteroatoms. The Morgan fingerprint density at radius 1 is 0.967 bits per heavy atom. The first kappa shape index (κ1) is 22.7. The molecule has 0 bridgehead atoms. The second kappa shape index (κ2) is 11.4. The second-order valence-corrected chi connectivity index (χ2v) is 7.86. The number of alkyl halides is 3. The Hall–Kier alpha value is -1.96. The van der Waals surface area contributed by atoms with E-state index >= 15 is 0 Å². The van der Waals surface area contributed by atoms with Gasteiger partial charge in [0.2, 0.25) is 0 Å². The molecule has 164 valence electrons. The van der Waals surface area contributed by atoms with Crippen LogP contribution in [0.25, 0.3) is 11.1 Å². The van der Waals surface area contributed by atoms with E-state index in [-0.39, 0.29) is 0 Å². The van der Waals surface area contributed by atoms with Gasteiger partial charge >= 0.3 is 0 Å². The minimum atomic E-state index is -2.59. The van der Waals surface area contributed by atoms with Crippen molar-refractivity contribution >= 4 is 0 Å². The van der Waals surface area contributed by atoms with E-state index in [0.29, 0.717) is 5.56 Å². The molecule has 0 saturated carbocycles. The summed E-state index contributed by atoms with van der Waals surface area (Å²) in [5, 5.41) is 12.7. The molecule has 30 heavy (non-hydrogen) atoms. The molecule has 0 spiro atoms. The molecule has 2 unspecified atom stereocenters. The molecule has 0 aliphatic carbocycles. The van der Waals surface area contributed by atoms with E-state index in [1.54, 1.807) is 12.1 Å². The third-order valence-electron chi connectivity index (χ3n) is 5.58. The largest absolute Gasteiger partial charge is 0.387 e. The monoisotopic (exact) mass is 421 g/mol. The van der Waals surface area contributed by atoms with Gasteiger partial charge in [0.25, 0.3) is 6.43 Å². The molecule has 2 atom stereocenters. The number of aliphatic hydroxyl groups excluding tert-OH is 1. The van der Waals surface area contributed by atoms with Gasteiger partial charge in [0, 0.05) is 18.3 Å². The van der Waals surface area contributed by atoms with Crippen LogP contribution in [0.5, 0.6) is 0 Å². The first-order valence-corrected chi connectivity index (χ1v) is 10.6. The van der Waals surface area contributed by atoms with Crippen molar-refractivity contribution in [1.29, 1.82) is 0 Å². The first-order valence-electron chi connectivity index (χ1n) is 10.6. The van der Waals surface area contributed by atoms with Crippen molar-refractivity contribution in [3.63, 3.8) is 0 Å². The lowest BCUT2D eigenvalue weighted by Crippen LogP contribution is -2.39. The number of rotatable bonds is 9. The lowest BCUT2D eigenvalue weighted by Gasteiger charge is -2.22. The summed E-state index contributed by atoms with van der Waals surface area (Å²) >= 11 is 0. The summed E-state index contributed by atoms with van der Waals surface area (Å²) < 4.78 is 37.8. The number of hydrogen-bond acceptors (Lipinski definition) is 4. The first-order chi connectivity index (χ1) is 14.6. The van der Waals surface area contributed by atoms with Crippen molar-refractivity contribution in [3.8, 4) is 11.1 Å². The van der Waals surface area contributed by atoms with Crippen molar-refractivity contribution in [3.05, 3.63) is 53.9 Å². The number of nitrogens with zero attached hydrogens (tertiary/aromatic N) is 2. The summed E-state index contributed by atoms with van der Waals surface area (Å²) in [6.07, 6.45) is 3.16. The minimum Gasteiger partial charge on any atom is -0.387 e. The summed E-state index contributed by atoms with van der Waals surface area (Å²) in [5.74, 6) is 0. The molecular weight excluding hydrogens is 391 g/mol. The quantitative estimate of drug-likeness (QED) is 0.632. The molecule has 4 nitrogen and oxygen atoms in total. The second-order valence-electron chi connectivity index (χ2n) is 7.86. The number of likely N-dealkylation sites (tertiary alicyclic amines) is 1. The van der Waals surface area contributed by atoms with Gasteiger partial charge in [0.15, 0.2) is 0 Å². The highest BCUT2D eigenvalue weighted by molar-refractivity contribution is 5.62. The highest BCUT2D eigenvalue weighted by Gasteiger charge is 2.21. The zero-order chi connectivity index (χ0) is 21.3. The Labute approximate surface area is 176 Å². The molecule has 3 rings (SSSR count). The van der Waals surface area contributed by atoms with Crippen LogP contribution in [0, 0.1) is 0 Å². The van der Waals surface area contributed by atoms with E-state index in [0.717, 1.165) is 36.5 Å². The smallest absolute Gasteiger partial charge is 0.250 e. The molecule has 1 saturated heterocycles. The highest BCUT2D eigenvalue weighted by Crippen LogP contribution is 2.24. The van der Waals surface area contributed by atoms with E-state index < -0.39 is 31.8 Å². The van der Waals surface area contributed by atoms with Gasteiger partial charge in [-0.2, -0.15) is 0 Å². The Bertz CT molecular complexity index is 747. The Balaban J connectivity index is 1.61. The van der Waals surface area contributed by atoms with Gasteiger partial charge in [0.05, 0.1) is 24.4 Å². The van der Waals surface area contributed by atoms with Crippen LogP contribution in [-0.4, -0.2) is 53.8 Å². The number of halogens is 3. The summed E-state index contributed by atoms with van der Waals surface area (Å²) in [6, 6.07) is 10.0. The topological polar surface area (TPSA) is 48.4 Å². The van der Waals surface area contributed by atoms with Crippen LogP contribution in [0.3, 0.4) is 0 Å². The fourth-order valence-electron chi connectivity index (χ4n) is 3.81. The van der Waals surface area contributed by atoms with Crippen LogP contribution < -0.4 is 5.32 Å². The van der Waals surface area contributed by atoms with Crippen LogP contribution in [0.15, 0.2) is 42.6 Å². The Morgan fingerprint density at radius 2 is 1.63 bits per heavy atom. The van der Waals surface area contributed by atoms with Crippen molar-refractivity contribution in [1.82, 2.24) is 15.2 Å². The summed E-state index contributed by atoms with van der Waals surface area (Å²) in [7, 11) is 0. The van der Waals surface area contributed by atoms with Crippen LogP contribution in [0.2, 0.25) is 0 Å². The van der Waals surface area contributed by atoms with Gasteiger partial charge in [-0.1, -0.05) is 43.2 Å². The van der Waals surface area contributed by atoms with E-state index in [9.17, 15) is 18.3 Å². The maximum atomic E-state index is 13.1. The number of pyridine rings is 1. The zero-order valence-corrected chi connectivity index (χ0v) is 17.1. The Kier molecular flexibility index (Phi) is 8.66. The summed E-state index contributed by atoms with van der Waals surface area (Å²) in [5.41, 5.74) is 3.41. The fourth-order valence-corrected chi connectivity index (χ4v) is 3.81.